The lowest BCUT2D eigenvalue weighted by atomic mass is 9.95. The molecule has 0 unspecified atom stereocenters. The first-order valence-electron chi connectivity index (χ1n) is 12.9. The molecule has 37 heavy (non-hydrogen) atoms. The molecule has 0 heterocycles. The molecule has 0 radical (unpaired) electrons. The minimum atomic E-state index is -3.63. The van der Waals surface area contributed by atoms with Gasteiger partial charge in [0, 0.05) is 25.6 Å². The second-order valence-corrected chi connectivity index (χ2v) is 11.9. The van der Waals surface area contributed by atoms with Gasteiger partial charge in [-0.2, -0.15) is 0 Å². The van der Waals surface area contributed by atoms with E-state index in [1.54, 1.807) is 11.8 Å². The Hall–Kier alpha value is -2.94. The highest BCUT2D eigenvalue weighted by atomic mass is 32.2. The molecule has 1 atom stereocenters. The molecule has 2 aromatic rings. The SMILES string of the molecule is Cc1cccc(CN(C(=O)CCCN(c2ccc(F)cc2)S(C)(=O)=O)[C@H](C)C(=O)NC2CCCCC2)c1. The number of aryl methyl sites for hydroxylation is 1. The number of halogens is 1. The standard InChI is InChI=1S/C28H38FN3O4S/c1-21-9-7-10-23(19-21)20-31(22(2)28(34)30-25-11-5-4-6-12-25)27(33)13-8-18-32(37(3,35)36)26-16-14-24(29)15-17-26/h7,9-10,14-17,19,22,25H,4-6,8,11-13,18,20H2,1-3H3,(H,30,34)/t22-/m1/s1. The molecule has 1 fully saturated rings. The minimum Gasteiger partial charge on any atom is -0.352 e. The van der Waals surface area contributed by atoms with Gasteiger partial charge in [-0.25, -0.2) is 12.8 Å². The number of carbonyl (C=O) groups is 2. The predicted octanol–water partition coefficient (Wildman–Crippen LogP) is 4.55. The van der Waals surface area contributed by atoms with E-state index in [0.29, 0.717) is 5.69 Å². The van der Waals surface area contributed by atoms with Gasteiger partial charge in [-0.3, -0.25) is 13.9 Å². The number of amides is 2. The number of hydrogen-bond donors (Lipinski definition) is 1. The van der Waals surface area contributed by atoms with Gasteiger partial charge in [0.05, 0.1) is 11.9 Å². The van der Waals surface area contributed by atoms with Crippen LogP contribution in [0.2, 0.25) is 0 Å². The normalized spacial score (nSPS) is 15.1. The molecule has 7 nitrogen and oxygen atoms in total. The Kier molecular flexibility index (Phi) is 10.1. The molecule has 1 aliphatic carbocycles. The van der Waals surface area contributed by atoms with Crippen molar-refractivity contribution < 1.29 is 22.4 Å². The van der Waals surface area contributed by atoms with Crippen molar-refractivity contribution in [1.29, 1.82) is 0 Å². The Morgan fingerprint density at radius 2 is 1.76 bits per heavy atom. The van der Waals surface area contributed by atoms with Crippen LogP contribution in [0.4, 0.5) is 10.1 Å². The van der Waals surface area contributed by atoms with E-state index < -0.39 is 21.9 Å². The van der Waals surface area contributed by atoms with Crippen LogP contribution in [0.5, 0.6) is 0 Å². The summed E-state index contributed by atoms with van der Waals surface area (Å²) in [6.45, 7) is 4.07. The minimum absolute atomic E-state index is 0.0666. The lowest BCUT2D eigenvalue weighted by molar-refractivity contribution is -0.141. The Morgan fingerprint density at radius 1 is 1.08 bits per heavy atom. The molecule has 1 saturated carbocycles. The Balaban J connectivity index is 1.71. The van der Waals surface area contributed by atoms with E-state index in [0.717, 1.165) is 43.1 Å². The topological polar surface area (TPSA) is 86.8 Å². The zero-order valence-corrected chi connectivity index (χ0v) is 22.8. The summed E-state index contributed by atoms with van der Waals surface area (Å²) >= 11 is 0. The van der Waals surface area contributed by atoms with Crippen LogP contribution < -0.4 is 9.62 Å². The van der Waals surface area contributed by atoms with E-state index >= 15 is 0 Å². The summed E-state index contributed by atoms with van der Waals surface area (Å²) in [5.74, 6) is -0.850. The van der Waals surface area contributed by atoms with Crippen molar-refractivity contribution in [1.82, 2.24) is 10.2 Å². The van der Waals surface area contributed by atoms with Gasteiger partial charge >= 0.3 is 0 Å². The van der Waals surface area contributed by atoms with Crippen LogP contribution in [-0.2, 0) is 26.2 Å². The molecule has 2 aromatic carbocycles. The molecule has 0 spiro atoms. The second kappa shape index (κ2) is 13.0. The van der Waals surface area contributed by atoms with Crippen LogP contribution >= 0.6 is 0 Å². The molecule has 0 aromatic heterocycles. The third-order valence-electron chi connectivity index (χ3n) is 6.82. The van der Waals surface area contributed by atoms with Crippen LogP contribution in [0.15, 0.2) is 48.5 Å². The van der Waals surface area contributed by atoms with Crippen molar-refractivity contribution in [2.75, 3.05) is 17.1 Å². The Morgan fingerprint density at radius 3 is 2.38 bits per heavy atom. The van der Waals surface area contributed by atoms with Gasteiger partial charge in [-0.15, -0.1) is 0 Å². The fourth-order valence-electron chi connectivity index (χ4n) is 4.77. The lowest BCUT2D eigenvalue weighted by Gasteiger charge is -2.31. The first kappa shape index (κ1) is 28.6. The molecule has 0 saturated heterocycles. The molecule has 2 amide bonds. The maximum absolute atomic E-state index is 13.4. The predicted molar refractivity (Wildman–Crippen MR) is 144 cm³/mol. The number of benzene rings is 2. The smallest absolute Gasteiger partial charge is 0.242 e. The average Bonchev–Trinajstić information content (AvgIpc) is 2.85. The van der Waals surface area contributed by atoms with Gasteiger partial charge < -0.3 is 10.2 Å². The fraction of sp³-hybridized carbons (Fsp3) is 0.500. The zero-order valence-electron chi connectivity index (χ0n) is 22.0. The molecule has 1 aliphatic rings. The highest BCUT2D eigenvalue weighted by molar-refractivity contribution is 7.92. The van der Waals surface area contributed by atoms with Crippen LogP contribution in [0.3, 0.4) is 0 Å². The van der Waals surface area contributed by atoms with Crippen LogP contribution in [0, 0.1) is 12.7 Å². The largest absolute Gasteiger partial charge is 0.352 e. The van der Waals surface area contributed by atoms with Gasteiger partial charge in [-0.1, -0.05) is 49.1 Å². The maximum atomic E-state index is 13.4. The van der Waals surface area contributed by atoms with Crippen molar-refractivity contribution in [2.45, 2.75) is 77.4 Å². The first-order valence-corrected chi connectivity index (χ1v) is 14.8. The summed E-state index contributed by atoms with van der Waals surface area (Å²) in [5.41, 5.74) is 2.33. The molecule has 202 valence electrons. The molecular weight excluding hydrogens is 493 g/mol. The van der Waals surface area contributed by atoms with Crippen molar-refractivity contribution in [3.63, 3.8) is 0 Å². The number of nitrogens with one attached hydrogen (secondary N) is 1. The fourth-order valence-corrected chi connectivity index (χ4v) is 5.74. The first-order chi connectivity index (χ1) is 17.5. The monoisotopic (exact) mass is 531 g/mol. The number of carbonyl (C=O) groups excluding carboxylic acids is 2. The van der Waals surface area contributed by atoms with Crippen molar-refractivity contribution in [3.8, 4) is 0 Å². The van der Waals surface area contributed by atoms with Gasteiger partial charge in [0.25, 0.3) is 0 Å². The summed E-state index contributed by atoms with van der Waals surface area (Å²) in [7, 11) is -3.63. The number of nitrogens with zero attached hydrogens (tertiary/aromatic N) is 2. The molecule has 0 bridgehead atoms. The average molecular weight is 532 g/mol. The number of rotatable bonds is 11. The van der Waals surface area contributed by atoms with Gasteiger partial charge in [0.1, 0.15) is 11.9 Å². The van der Waals surface area contributed by atoms with Crippen molar-refractivity contribution >= 4 is 27.5 Å². The van der Waals surface area contributed by atoms with Crippen molar-refractivity contribution in [3.05, 3.63) is 65.5 Å². The molecule has 3 rings (SSSR count). The van der Waals surface area contributed by atoms with E-state index in [2.05, 4.69) is 5.32 Å². The summed E-state index contributed by atoms with van der Waals surface area (Å²) in [6.07, 6.45) is 6.68. The summed E-state index contributed by atoms with van der Waals surface area (Å²) in [5, 5.41) is 3.12. The van der Waals surface area contributed by atoms with E-state index in [-0.39, 0.29) is 43.8 Å². The van der Waals surface area contributed by atoms with Crippen LogP contribution in [0.25, 0.3) is 0 Å². The van der Waals surface area contributed by atoms with Crippen LogP contribution in [0.1, 0.15) is 63.0 Å². The van der Waals surface area contributed by atoms with E-state index in [1.807, 2.05) is 31.2 Å². The van der Waals surface area contributed by atoms with E-state index in [9.17, 15) is 22.4 Å². The van der Waals surface area contributed by atoms with E-state index in [4.69, 9.17) is 0 Å². The zero-order chi connectivity index (χ0) is 27.0. The van der Waals surface area contributed by atoms with Gasteiger partial charge in [0.2, 0.25) is 21.8 Å². The van der Waals surface area contributed by atoms with Crippen molar-refractivity contribution in [2.24, 2.45) is 0 Å². The molecule has 1 N–H and O–H groups in total. The van der Waals surface area contributed by atoms with Gasteiger partial charge in [0.15, 0.2) is 0 Å². The van der Waals surface area contributed by atoms with E-state index in [1.165, 1.54) is 35.0 Å². The summed E-state index contributed by atoms with van der Waals surface area (Å²) in [6, 6.07) is 12.5. The number of hydrogen-bond acceptors (Lipinski definition) is 4. The highest BCUT2D eigenvalue weighted by Crippen LogP contribution is 2.21. The molecular formula is C28H38FN3O4S. The van der Waals surface area contributed by atoms with Crippen LogP contribution in [-0.4, -0.2) is 50.0 Å². The highest BCUT2D eigenvalue weighted by Gasteiger charge is 2.28. The summed E-state index contributed by atoms with van der Waals surface area (Å²) < 4.78 is 39.2. The molecule has 9 heteroatoms. The quantitative estimate of drug-likeness (QED) is 0.461. The third kappa shape index (κ3) is 8.55. The second-order valence-electron chi connectivity index (χ2n) is 9.95. The third-order valence-corrected chi connectivity index (χ3v) is 8.02. The molecule has 0 aliphatic heterocycles. The van der Waals surface area contributed by atoms with Gasteiger partial charge in [-0.05, 0) is 62.9 Å². The Bertz CT molecular complexity index is 1160. The number of sulfonamides is 1. The number of anilines is 1. The summed E-state index contributed by atoms with van der Waals surface area (Å²) in [4.78, 5) is 28.1. The maximum Gasteiger partial charge on any atom is 0.242 e. The lowest BCUT2D eigenvalue weighted by Crippen LogP contribution is -2.50. The Labute approximate surface area is 220 Å².